The highest BCUT2D eigenvalue weighted by atomic mass is 16.6. The number of aliphatic hydroxyl groups excluding tert-OH is 20. The SMILES string of the molecule is O=C[C@H](CCCNC(=O)CCOCCOCCOCCOCCOCCOCCOCCOCCOCCOCCOCCOCCN(C[C@H](O)[C@@H](O)[C@H](O)[C@H](O)CO)C[C@H](O)[C@@H](O)[C@H](O)[C@H](O)CO)NC(=O)CCOCCOCCOCCOCCOCCOCCOCCOCCOCCOCCOCCOCCN(C[C@H](O)[C@@H](O)[C@H](O)[C@H](O)CO)C[C@H](O)[C@@H](O)[C@H](O)[C@H](O)CO. The van der Waals surface area contributed by atoms with Crippen LogP contribution in [0.4, 0.5) is 0 Å². The fourth-order valence-corrected chi connectivity index (χ4v) is 11.1. The van der Waals surface area contributed by atoms with Crippen molar-refractivity contribution >= 4 is 18.1 Å². The highest BCUT2D eigenvalue weighted by Gasteiger charge is 2.37. The molecule has 0 unspecified atom stereocenters. The number of aliphatic hydroxyl groups is 20. The second-order valence-electron chi connectivity index (χ2n) is 29.7. The Kier molecular flexibility index (Phi) is 93.6. The van der Waals surface area contributed by atoms with Crippen LogP contribution in [0.2, 0.25) is 0 Å². The van der Waals surface area contributed by atoms with Gasteiger partial charge >= 0.3 is 0 Å². The van der Waals surface area contributed by atoms with Gasteiger partial charge in [0.25, 0.3) is 0 Å². The molecule has 0 saturated heterocycles. The van der Waals surface area contributed by atoms with Crippen molar-refractivity contribution in [3.63, 3.8) is 0 Å². The molecule has 51 nitrogen and oxygen atoms in total. The van der Waals surface area contributed by atoms with Gasteiger partial charge in [-0.3, -0.25) is 19.4 Å². The smallest absolute Gasteiger partial charge is 0.222 e. The summed E-state index contributed by atoms with van der Waals surface area (Å²) in [7, 11) is 0. The molecule has 22 N–H and O–H groups in total. The molecule has 0 aliphatic heterocycles. The normalized spacial score (nSPS) is 16.0. The van der Waals surface area contributed by atoms with E-state index in [1.54, 1.807) is 0 Å². The number of hydrogen-bond donors (Lipinski definition) is 22. The van der Waals surface area contributed by atoms with Gasteiger partial charge in [-0.15, -0.1) is 0 Å². The standard InChI is InChI=1S/C83H166N4O47/c88-60-65(85-75(102)4-9-112-13-17-116-21-25-120-29-33-124-37-41-128-45-49-132-53-55-134-51-47-130-43-39-126-35-31-122-27-23-118-19-15-114-11-7-87(58-68(95)78(105)82(109)72(99)63-91)59-69(96)79(106)83(110)73(100)64-92)2-1-5-84-74(101)3-8-111-12-16-115-20-24-119-28-32-123-36-40-127-44-48-131-52-54-133-50-46-129-42-38-125-34-30-121-26-22-117-18-14-113-10-6-86(56-66(93)76(103)80(107)70(97)61-89)57-67(94)77(104)81(108)71(98)62-90/h60,65-73,76-83,89-100,103-110H,1-59,61-64H2,(H,84,101)(H,85,102)/t65-,66-,67-,68-,69-,70+,71+,72+,73+,76+,77+,78+,79+,80+,81+,82+,83+/m0/s1. The first kappa shape index (κ1) is 131. The second-order valence-corrected chi connectivity index (χ2v) is 29.7. The third-order valence-electron chi connectivity index (χ3n) is 18.8. The quantitative estimate of drug-likeness (QED) is 0.0199. The van der Waals surface area contributed by atoms with E-state index in [-0.39, 0.29) is 110 Å². The molecule has 0 aromatic carbocycles. The maximum Gasteiger partial charge on any atom is 0.222 e. The predicted molar refractivity (Wildman–Crippen MR) is 466 cm³/mol. The molecule has 0 spiro atoms. The molecule has 0 heterocycles. The molecule has 134 heavy (non-hydrogen) atoms. The Bertz CT molecular complexity index is 2440. The van der Waals surface area contributed by atoms with Crippen LogP contribution in [0.3, 0.4) is 0 Å². The minimum atomic E-state index is -1.90. The van der Waals surface area contributed by atoms with Gasteiger partial charge in [-0.1, -0.05) is 0 Å². The Morgan fingerprint density at radius 2 is 0.381 bits per heavy atom. The van der Waals surface area contributed by atoms with Gasteiger partial charge in [0.05, 0.1) is 374 Å². The number of aldehydes is 1. The van der Waals surface area contributed by atoms with Crippen LogP contribution in [0.25, 0.3) is 0 Å². The van der Waals surface area contributed by atoms with Crippen LogP contribution in [0.1, 0.15) is 25.7 Å². The molecule has 0 aliphatic rings. The monoisotopic (exact) mass is 1970 g/mol. The minimum absolute atomic E-state index is 0.0101. The minimum Gasteiger partial charge on any atom is -0.394 e. The summed E-state index contributed by atoms with van der Waals surface area (Å²) in [5, 5.41) is 203. The van der Waals surface area contributed by atoms with Crippen molar-refractivity contribution in [2.45, 2.75) is 129 Å². The van der Waals surface area contributed by atoms with Crippen molar-refractivity contribution in [2.75, 3.05) is 389 Å². The average molecular weight is 1970 g/mol. The first-order valence-corrected chi connectivity index (χ1v) is 45.7. The lowest BCUT2D eigenvalue weighted by atomic mass is 10.0. The number of carbonyl (C=O) groups excluding carboxylic acids is 3. The predicted octanol–water partition coefficient (Wildman–Crippen LogP) is -12.9. The lowest BCUT2D eigenvalue weighted by Crippen LogP contribution is -2.53. The number of rotatable bonds is 108. The molecule has 0 bridgehead atoms. The molecule has 0 aromatic heterocycles. The Hall–Kier alpha value is -3.23. The van der Waals surface area contributed by atoms with E-state index >= 15 is 0 Å². The van der Waals surface area contributed by atoms with E-state index < -0.39 is 156 Å². The Morgan fingerprint density at radius 3 is 0.552 bits per heavy atom. The van der Waals surface area contributed by atoms with Crippen LogP contribution in [-0.2, 0) is 128 Å². The van der Waals surface area contributed by atoms with E-state index in [9.17, 15) is 96.1 Å². The summed E-state index contributed by atoms with van der Waals surface area (Å²) in [5.74, 6) is -0.530. The number of hydrogen-bond acceptors (Lipinski definition) is 49. The fraction of sp³-hybridized carbons (Fsp3) is 0.964. The Labute approximate surface area is 784 Å². The molecule has 17 atom stereocenters. The maximum atomic E-state index is 12.4. The number of ether oxygens (including phenoxy) is 24. The van der Waals surface area contributed by atoms with Crippen LogP contribution >= 0.6 is 0 Å². The van der Waals surface area contributed by atoms with E-state index in [1.807, 2.05) is 0 Å². The molecule has 0 aliphatic carbocycles. The topological polar surface area (TPSA) is 708 Å². The van der Waals surface area contributed by atoms with Gasteiger partial charge < -0.3 is 231 Å². The zero-order chi connectivity index (χ0) is 98.8. The van der Waals surface area contributed by atoms with E-state index in [0.717, 1.165) is 0 Å². The highest BCUT2D eigenvalue weighted by Crippen LogP contribution is 2.14. The molecule has 2 amide bonds. The molecular weight excluding hydrogens is 1800 g/mol. The maximum absolute atomic E-state index is 12.4. The van der Waals surface area contributed by atoms with Crippen LogP contribution in [-0.4, -0.2) is 623 Å². The van der Waals surface area contributed by atoms with E-state index in [2.05, 4.69) is 10.6 Å². The van der Waals surface area contributed by atoms with E-state index in [0.29, 0.717) is 270 Å². The molecular formula is C83H166N4O47. The molecule has 0 fully saturated rings. The summed E-state index contributed by atoms with van der Waals surface area (Å²) < 4.78 is 132. The largest absolute Gasteiger partial charge is 0.394 e. The van der Waals surface area contributed by atoms with Crippen molar-refractivity contribution in [3.05, 3.63) is 0 Å². The van der Waals surface area contributed by atoms with Crippen molar-refractivity contribution in [1.29, 1.82) is 0 Å². The van der Waals surface area contributed by atoms with E-state index in [1.165, 1.54) is 9.80 Å². The van der Waals surface area contributed by atoms with Crippen molar-refractivity contribution in [3.8, 4) is 0 Å². The van der Waals surface area contributed by atoms with Crippen molar-refractivity contribution in [1.82, 2.24) is 20.4 Å². The first-order valence-electron chi connectivity index (χ1n) is 45.7. The van der Waals surface area contributed by atoms with Gasteiger partial charge in [-0.05, 0) is 12.8 Å². The lowest BCUT2D eigenvalue weighted by Gasteiger charge is -2.33. The third kappa shape index (κ3) is 78.4. The number of amides is 2. The van der Waals surface area contributed by atoms with Crippen LogP contribution in [0, 0.1) is 0 Å². The summed E-state index contributed by atoms with van der Waals surface area (Å²) >= 11 is 0. The molecule has 51 heteroatoms. The zero-order valence-electron chi connectivity index (χ0n) is 77.8. The Balaban J connectivity index is 3.56. The van der Waals surface area contributed by atoms with Crippen molar-refractivity contribution < 1.29 is 230 Å². The van der Waals surface area contributed by atoms with Gasteiger partial charge in [-0.2, -0.15) is 0 Å². The summed E-state index contributed by atoms with van der Waals surface area (Å²) in [4.78, 5) is 38.9. The molecule has 0 aromatic rings. The highest BCUT2D eigenvalue weighted by molar-refractivity contribution is 5.79. The van der Waals surface area contributed by atoms with Gasteiger partial charge in [0, 0.05) is 58.7 Å². The van der Waals surface area contributed by atoms with Crippen molar-refractivity contribution in [2.24, 2.45) is 0 Å². The molecule has 800 valence electrons. The third-order valence-corrected chi connectivity index (χ3v) is 18.8. The van der Waals surface area contributed by atoms with Crippen LogP contribution in [0.5, 0.6) is 0 Å². The molecule has 0 radical (unpaired) electrons. The fourth-order valence-electron chi connectivity index (χ4n) is 11.1. The van der Waals surface area contributed by atoms with E-state index in [4.69, 9.17) is 134 Å². The Morgan fingerprint density at radius 1 is 0.224 bits per heavy atom. The van der Waals surface area contributed by atoms with Crippen LogP contribution in [0.15, 0.2) is 0 Å². The second kappa shape index (κ2) is 95.9. The van der Waals surface area contributed by atoms with Gasteiger partial charge in [-0.25, -0.2) is 0 Å². The van der Waals surface area contributed by atoms with Gasteiger partial charge in [0.1, 0.15) is 79.5 Å². The van der Waals surface area contributed by atoms with Gasteiger partial charge in [0.2, 0.25) is 11.8 Å². The lowest BCUT2D eigenvalue weighted by molar-refractivity contribution is -0.131. The molecule has 0 saturated carbocycles. The summed E-state index contributed by atoms with van der Waals surface area (Å²) in [6.45, 7) is 11.0. The summed E-state index contributed by atoms with van der Waals surface area (Å²) in [5.41, 5.74) is 0. The van der Waals surface area contributed by atoms with Crippen LogP contribution < -0.4 is 10.6 Å². The van der Waals surface area contributed by atoms with Gasteiger partial charge in [0.15, 0.2) is 0 Å². The first-order chi connectivity index (χ1) is 65.0. The number of nitrogens with zero attached hydrogens (tertiary/aromatic N) is 2. The molecule has 0 rings (SSSR count). The number of carbonyl (C=O) groups is 3. The number of nitrogens with one attached hydrogen (secondary N) is 2. The zero-order valence-corrected chi connectivity index (χ0v) is 77.8. The average Bonchev–Trinajstić information content (AvgIpc) is 0.871. The summed E-state index contributed by atoms with van der Waals surface area (Å²) in [6, 6.07) is -0.694. The summed E-state index contributed by atoms with van der Waals surface area (Å²) in [6.07, 6.45) is -27.2.